The topological polar surface area (TPSA) is 14.8 Å². The zero-order chi connectivity index (χ0) is 30.8. The third-order valence-electron chi connectivity index (χ3n) is 10.2. The smallest absolute Gasteiger partial charge is 0.199 e. The standard InChI is InChI=1S/C42H24B2N3/c43-32-17-9-15-30-28-13-3-7-21-36(28)46(41(30)32)38-23-25(45-34-19-5-1-11-26(34)27-12-2-6-20-35(27)45)24-39-40(38)44-33-18-10-16-31-29-14-4-8-22-37(29)47(39)42(31)33/h1-24H. The molecule has 7 aromatic carbocycles. The average molecular weight is 592 g/mol. The molecule has 1 aliphatic rings. The highest BCUT2D eigenvalue weighted by Gasteiger charge is 2.28. The van der Waals surface area contributed by atoms with Crippen molar-refractivity contribution >= 4 is 96.9 Å². The van der Waals surface area contributed by atoms with Crippen molar-refractivity contribution in [1.82, 2.24) is 13.7 Å². The number of aromatic nitrogens is 3. The normalized spacial score (nSPS) is 12.5. The maximum atomic E-state index is 6.87. The number of hydrogen-bond donors (Lipinski definition) is 0. The first kappa shape index (κ1) is 25.3. The summed E-state index contributed by atoms with van der Waals surface area (Å²) in [7, 11) is 9.25. The van der Waals surface area contributed by atoms with E-state index in [1.807, 2.05) is 6.07 Å². The van der Waals surface area contributed by atoms with Crippen molar-refractivity contribution in [3.8, 4) is 17.1 Å². The third-order valence-corrected chi connectivity index (χ3v) is 10.2. The van der Waals surface area contributed by atoms with E-state index in [1.54, 1.807) is 0 Å². The summed E-state index contributed by atoms with van der Waals surface area (Å²) in [4.78, 5) is 0. The molecule has 1 aliphatic heterocycles. The van der Waals surface area contributed by atoms with Crippen molar-refractivity contribution < 1.29 is 0 Å². The van der Waals surface area contributed by atoms with Gasteiger partial charge in [-0.25, -0.2) is 0 Å². The summed E-state index contributed by atoms with van der Waals surface area (Å²) in [6, 6.07) is 52.6. The van der Waals surface area contributed by atoms with E-state index in [0.717, 1.165) is 38.9 Å². The van der Waals surface area contributed by atoms with E-state index in [4.69, 9.17) is 7.85 Å². The minimum absolute atomic E-state index is 0.764. The van der Waals surface area contributed by atoms with Crippen LogP contribution in [0.15, 0.2) is 146 Å². The molecule has 0 spiro atoms. The van der Waals surface area contributed by atoms with Crippen LogP contribution in [0.3, 0.4) is 0 Å². The Bertz CT molecular complexity index is 2900. The van der Waals surface area contributed by atoms with Crippen LogP contribution in [0.2, 0.25) is 0 Å². The molecule has 0 amide bonds. The molecule has 0 bridgehead atoms. The van der Waals surface area contributed by atoms with E-state index in [1.165, 1.54) is 59.9 Å². The summed E-state index contributed by atoms with van der Waals surface area (Å²) in [5.41, 5.74) is 13.5. The second kappa shape index (κ2) is 9.08. The minimum Gasteiger partial charge on any atom is -0.310 e. The monoisotopic (exact) mass is 592 g/mol. The lowest BCUT2D eigenvalue weighted by atomic mass is 9.60. The van der Waals surface area contributed by atoms with Gasteiger partial charge >= 0.3 is 0 Å². The summed E-state index contributed by atoms with van der Waals surface area (Å²) in [5, 5.41) is 7.36. The van der Waals surface area contributed by atoms with Crippen LogP contribution < -0.4 is 16.4 Å². The van der Waals surface area contributed by atoms with Crippen molar-refractivity contribution in [2.45, 2.75) is 0 Å². The summed E-state index contributed by atoms with van der Waals surface area (Å²) in [6.45, 7) is 0. The van der Waals surface area contributed by atoms with Crippen LogP contribution in [0.5, 0.6) is 0 Å². The molecule has 0 fully saturated rings. The summed E-state index contributed by atoms with van der Waals surface area (Å²) < 4.78 is 7.30. The van der Waals surface area contributed by atoms with Crippen LogP contribution in [0.1, 0.15) is 0 Å². The fraction of sp³-hybridized carbons (Fsp3) is 0. The Morgan fingerprint density at radius 1 is 0.404 bits per heavy atom. The lowest BCUT2D eigenvalue weighted by Crippen LogP contribution is -2.38. The van der Waals surface area contributed by atoms with Gasteiger partial charge in [0.2, 0.25) is 0 Å². The molecular weight excluding hydrogens is 568 g/mol. The van der Waals surface area contributed by atoms with E-state index in [0.29, 0.717) is 0 Å². The van der Waals surface area contributed by atoms with Gasteiger partial charge in [0.25, 0.3) is 0 Å². The van der Waals surface area contributed by atoms with Gasteiger partial charge in [-0.2, -0.15) is 0 Å². The Labute approximate surface area is 272 Å². The molecule has 3 nitrogen and oxygen atoms in total. The summed E-state index contributed by atoms with van der Waals surface area (Å²) in [6.07, 6.45) is 0. The van der Waals surface area contributed by atoms with Gasteiger partial charge in [-0.3, -0.25) is 0 Å². The molecule has 0 saturated carbocycles. The number of nitrogens with zero attached hydrogens (tertiary/aromatic N) is 3. The molecule has 10 aromatic rings. The van der Waals surface area contributed by atoms with Crippen molar-refractivity contribution in [3.63, 3.8) is 0 Å². The van der Waals surface area contributed by atoms with Gasteiger partial charge in [0.15, 0.2) is 7.28 Å². The van der Waals surface area contributed by atoms with Crippen LogP contribution in [-0.4, -0.2) is 28.8 Å². The molecule has 4 heterocycles. The lowest BCUT2D eigenvalue weighted by molar-refractivity contribution is 1.11. The Hall–Kier alpha value is -5.93. The fourth-order valence-corrected chi connectivity index (χ4v) is 8.32. The molecule has 3 radical (unpaired) electrons. The van der Waals surface area contributed by atoms with E-state index in [-0.39, 0.29) is 0 Å². The third kappa shape index (κ3) is 3.23. The zero-order valence-electron chi connectivity index (χ0n) is 25.4. The van der Waals surface area contributed by atoms with Crippen molar-refractivity contribution in [2.24, 2.45) is 0 Å². The van der Waals surface area contributed by atoms with Crippen molar-refractivity contribution in [3.05, 3.63) is 146 Å². The van der Waals surface area contributed by atoms with E-state index in [2.05, 4.69) is 161 Å². The van der Waals surface area contributed by atoms with E-state index in [9.17, 15) is 0 Å². The quantitative estimate of drug-likeness (QED) is 0.183. The van der Waals surface area contributed by atoms with Crippen LogP contribution in [-0.2, 0) is 0 Å². The molecular formula is C42H24B2N3. The number of rotatable bonds is 2. The number of benzene rings is 7. The number of hydrogen-bond acceptors (Lipinski definition) is 0. The molecule has 5 heteroatoms. The van der Waals surface area contributed by atoms with Crippen molar-refractivity contribution in [2.75, 3.05) is 0 Å². The maximum absolute atomic E-state index is 6.87. The average Bonchev–Trinajstić information content (AvgIpc) is 3.76. The fourth-order valence-electron chi connectivity index (χ4n) is 8.32. The van der Waals surface area contributed by atoms with Gasteiger partial charge in [0.1, 0.15) is 7.85 Å². The highest BCUT2D eigenvalue weighted by Crippen LogP contribution is 2.38. The van der Waals surface area contributed by atoms with Gasteiger partial charge in [-0.05, 0) is 41.9 Å². The predicted octanol–water partition coefficient (Wildman–Crippen LogP) is 7.74. The SMILES string of the molecule is [B]c1cccc2c3ccccc3n(-c3cc(-n4c5ccccc5c5ccccc54)cc4c3[B]c3cccc5c6ccccc6n-4c35)c12. The zero-order valence-corrected chi connectivity index (χ0v) is 25.4. The second-order valence-corrected chi connectivity index (χ2v) is 12.6. The van der Waals surface area contributed by atoms with Gasteiger partial charge in [-0.15, -0.1) is 0 Å². The highest BCUT2D eigenvalue weighted by atomic mass is 15.0. The van der Waals surface area contributed by atoms with E-state index >= 15 is 0 Å². The first-order valence-corrected chi connectivity index (χ1v) is 16.1. The summed E-state index contributed by atoms with van der Waals surface area (Å²) in [5.74, 6) is 0. The Morgan fingerprint density at radius 3 is 1.40 bits per heavy atom. The molecule has 0 saturated heterocycles. The van der Waals surface area contributed by atoms with Gasteiger partial charge in [0, 0.05) is 54.7 Å². The molecule has 0 aliphatic carbocycles. The van der Waals surface area contributed by atoms with Crippen LogP contribution in [0.25, 0.3) is 82.5 Å². The Kier molecular flexibility index (Phi) is 4.89. The van der Waals surface area contributed by atoms with Crippen LogP contribution >= 0.6 is 0 Å². The second-order valence-electron chi connectivity index (χ2n) is 12.6. The molecule has 0 N–H and O–H groups in total. The van der Waals surface area contributed by atoms with Crippen molar-refractivity contribution in [1.29, 1.82) is 0 Å². The first-order chi connectivity index (χ1) is 23.3. The van der Waals surface area contributed by atoms with Gasteiger partial charge in [-0.1, -0.05) is 120 Å². The number of para-hydroxylation sites is 6. The highest BCUT2D eigenvalue weighted by molar-refractivity contribution is 6.73. The Morgan fingerprint density at radius 2 is 0.830 bits per heavy atom. The van der Waals surface area contributed by atoms with Gasteiger partial charge in [0.05, 0.1) is 27.8 Å². The molecule has 213 valence electrons. The van der Waals surface area contributed by atoms with Crippen LogP contribution in [0, 0.1) is 0 Å². The summed E-state index contributed by atoms with van der Waals surface area (Å²) >= 11 is 0. The molecule has 47 heavy (non-hydrogen) atoms. The first-order valence-electron chi connectivity index (χ1n) is 16.1. The molecule has 3 aromatic heterocycles. The largest absolute Gasteiger partial charge is 0.310 e. The maximum Gasteiger partial charge on any atom is 0.199 e. The number of fused-ring (bicyclic) bond motifs is 11. The Balaban J connectivity index is 1.37. The lowest BCUT2D eigenvalue weighted by Gasteiger charge is -2.26. The molecule has 0 atom stereocenters. The molecule has 0 unspecified atom stereocenters. The minimum atomic E-state index is 0.764. The van der Waals surface area contributed by atoms with Gasteiger partial charge < -0.3 is 13.7 Å². The van der Waals surface area contributed by atoms with E-state index < -0.39 is 0 Å². The van der Waals surface area contributed by atoms with Crippen LogP contribution in [0.4, 0.5) is 0 Å². The molecule has 11 rings (SSSR count). The predicted molar refractivity (Wildman–Crippen MR) is 200 cm³/mol.